The number of benzene rings is 1. The van der Waals surface area contributed by atoms with Gasteiger partial charge >= 0.3 is 0 Å². The number of rotatable bonds is 7. The minimum absolute atomic E-state index is 0.289. The van der Waals surface area contributed by atoms with E-state index in [1.54, 1.807) is 24.6 Å². The van der Waals surface area contributed by atoms with Gasteiger partial charge in [0.25, 0.3) is 5.91 Å². The first-order valence-corrected chi connectivity index (χ1v) is 8.24. The molecule has 2 heterocycles. The fraction of sp³-hybridized carbons (Fsp3) is 0.200. The number of hydrogen-bond donors (Lipinski definition) is 1. The number of carbonyl (C=O) groups is 1. The Hall–Kier alpha value is -3.48. The summed E-state index contributed by atoms with van der Waals surface area (Å²) in [4.78, 5) is 16.9. The topological polar surface area (TPSA) is 82.8 Å². The molecular formula is C20H20N2O5. The molecule has 7 nitrogen and oxygen atoms in total. The van der Waals surface area contributed by atoms with Crippen LogP contribution in [0.1, 0.15) is 15.9 Å². The molecule has 0 saturated carbocycles. The molecule has 3 aromatic rings. The van der Waals surface area contributed by atoms with Crippen LogP contribution in [0.4, 0.5) is 0 Å². The van der Waals surface area contributed by atoms with Gasteiger partial charge in [0.15, 0.2) is 17.3 Å². The summed E-state index contributed by atoms with van der Waals surface area (Å²) in [6.45, 7) is 0.321. The zero-order valence-corrected chi connectivity index (χ0v) is 15.3. The van der Waals surface area contributed by atoms with Gasteiger partial charge < -0.3 is 23.9 Å². The minimum Gasteiger partial charge on any atom is -0.493 e. The zero-order chi connectivity index (χ0) is 19.2. The second-order valence-corrected chi connectivity index (χ2v) is 5.59. The maximum atomic E-state index is 12.6. The van der Waals surface area contributed by atoms with Gasteiger partial charge in [-0.3, -0.25) is 9.78 Å². The zero-order valence-electron chi connectivity index (χ0n) is 15.3. The molecule has 0 fully saturated rings. The van der Waals surface area contributed by atoms with E-state index in [0.717, 1.165) is 11.3 Å². The van der Waals surface area contributed by atoms with Crippen molar-refractivity contribution in [2.45, 2.75) is 6.54 Å². The van der Waals surface area contributed by atoms with Crippen LogP contribution in [0.2, 0.25) is 0 Å². The van der Waals surface area contributed by atoms with Crippen LogP contribution in [0, 0.1) is 0 Å². The van der Waals surface area contributed by atoms with Crippen molar-refractivity contribution in [2.75, 3.05) is 21.3 Å². The monoisotopic (exact) mass is 368 g/mol. The number of furan rings is 1. The summed E-state index contributed by atoms with van der Waals surface area (Å²) in [5, 5.41) is 2.85. The molecule has 0 aliphatic heterocycles. The highest BCUT2D eigenvalue weighted by atomic mass is 16.5. The highest BCUT2D eigenvalue weighted by molar-refractivity contribution is 5.98. The molecule has 7 heteroatoms. The van der Waals surface area contributed by atoms with Crippen molar-refractivity contribution >= 4 is 5.91 Å². The Morgan fingerprint density at radius 2 is 1.85 bits per heavy atom. The standard InChI is InChI=1S/C20H20N2O5/c1-24-17-9-7-14(18(25-2)19(17)26-3)20(23)22-12-13-6-8-15(21-11-13)16-5-4-10-27-16/h4-11H,12H2,1-3H3,(H,22,23). The SMILES string of the molecule is COc1ccc(C(=O)NCc2ccc(-c3ccco3)nc2)c(OC)c1OC. The van der Waals surface area contributed by atoms with Crippen LogP contribution in [0.25, 0.3) is 11.5 Å². The van der Waals surface area contributed by atoms with E-state index in [2.05, 4.69) is 10.3 Å². The number of carbonyl (C=O) groups excluding carboxylic acids is 1. The van der Waals surface area contributed by atoms with Crippen molar-refractivity contribution in [1.82, 2.24) is 10.3 Å². The van der Waals surface area contributed by atoms with Crippen LogP contribution in [-0.2, 0) is 6.54 Å². The van der Waals surface area contributed by atoms with Gasteiger partial charge in [-0.15, -0.1) is 0 Å². The van der Waals surface area contributed by atoms with Crippen LogP contribution in [0.15, 0.2) is 53.3 Å². The molecule has 1 N–H and O–H groups in total. The van der Waals surface area contributed by atoms with Gasteiger partial charge in [-0.2, -0.15) is 0 Å². The van der Waals surface area contributed by atoms with Gasteiger partial charge in [-0.25, -0.2) is 0 Å². The van der Waals surface area contributed by atoms with E-state index >= 15 is 0 Å². The summed E-state index contributed by atoms with van der Waals surface area (Å²) in [7, 11) is 4.50. The summed E-state index contributed by atoms with van der Waals surface area (Å²) < 4.78 is 21.2. The lowest BCUT2D eigenvalue weighted by molar-refractivity contribution is 0.0947. The Labute approximate surface area is 156 Å². The van der Waals surface area contributed by atoms with E-state index in [1.807, 2.05) is 24.3 Å². The van der Waals surface area contributed by atoms with E-state index in [9.17, 15) is 4.79 Å². The average molecular weight is 368 g/mol. The summed E-state index contributed by atoms with van der Waals surface area (Å²) in [6.07, 6.45) is 3.30. The number of aromatic nitrogens is 1. The first-order chi connectivity index (χ1) is 13.2. The smallest absolute Gasteiger partial charge is 0.255 e. The van der Waals surface area contributed by atoms with Crippen molar-refractivity contribution in [2.24, 2.45) is 0 Å². The molecule has 140 valence electrons. The van der Waals surface area contributed by atoms with Crippen LogP contribution in [0.3, 0.4) is 0 Å². The van der Waals surface area contributed by atoms with Gasteiger partial charge in [-0.1, -0.05) is 6.07 Å². The van der Waals surface area contributed by atoms with E-state index in [1.165, 1.54) is 21.3 Å². The third-order valence-corrected chi connectivity index (χ3v) is 4.00. The third-order valence-electron chi connectivity index (χ3n) is 4.00. The molecule has 1 amide bonds. The molecule has 27 heavy (non-hydrogen) atoms. The van der Waals surface area contributed by atoms with Gasteiger partial charge in [0.2, 0.25) is 5.75 Å². The van der Waals surface area contributed by atoms with E-state index < -0.39 is 0 Å². The van der Waals surface area contributed by atoms with Crippen LogP contribution < -0.4 is 19.5 Å². The molecule has 0 aliphatic rings. The van der Waals surface area contributed by atoms with E-state index in [4.69, 9.17) is 18.6 Å². The Bertz CT molecular complexity index is 905. The highest BCUT2D eigenvalue weighted by Crippen LogP contribution is 2.39. The van der Waals surface area contributed by atoms with Crippen molar-refractivity contribution in [3.8, 4) is 28.7 Å². The molecule has 0 saturated heterocycles. The number of methoxy groups -OCH3 is 3. The average Bonchev–Trinajstić information content (AvgIpc) is 3.25. The second-order valence-electron chi connectivity index (χ2n) is 5.59. The lowest BCUT2D eigenvalue weighted by atomic mass is 10.1. The first kappa shape index (κ1) is 18.3. The normalized spacial score (nSPS) is 10.3. The maximum absolute atomic E-state index is 12.6. The van der Waals surface area contributed by atoms with Crippen molar-refractivity contribution in [3.05, 3.63) is 60.0 Å². The number of pyridine rings is 1. The number of nitrogens with one attached hydrogen (secondary N) is 1. The van der Waals surface area contributed by atoms with Crippen molar-refractivity contribution < 1.29 is 23.4 Å². The minimum atomic E-state index is -0.289. The Morgan fingerprint density at radius 1 is 1.04 bits per heavy atom. The Balaban J connectivity index is 1.72. The van der Waals surface area contributed by atoms with Crippen LogP contribution >= 0.6 is 0 Å². The van der Waals surface area contributed by atoms with Gasteiger partial charge in [0.05, 0.1) is 33.2 Å². The highest BCUT2D eigenvalue weighted by Gasteiger charge is 2.20. The molecule has 1 aromatic carbocycles. The van der Waals surface area contributed by atoms with E-state index in [-0.39, 0.29) is 5.91 Å². The molecule has 0 aliphatic carbocycles. The molecule has 0 atom stereocenters. The summed E-state index contributed by atoms with van der Waals surface area (Å²) >= 11 is 0. The van der Waals surface area contributed by atoms with Gasteiger partial charge in [0, 0.05) is 12.7 Å². The Kier molecular flexibility index (Phi) is 5.61. The molecule has 0 spiro atoms. The van der Waals surface area contributed by atoms with Gasteiger partial charge in [0.1, 0.15) is 5.69 Å². The summed E-state index contributed by atoms with van der Waals surface area (Å²) in [6, 6.07) is 10.7. The lowest BCUT2D eigenvalue weighted by Crippen LogP contribution is -2.23. The molecule has 0 radical (unpaired) electrons. The molecular weight excluding hydrogens is 348 g/mol. The van der Waals surface area contributed by atoms with E-state index in [0.29, 0.717) is 35.1 Å². The predicted molar refractivity (Wildman–Crippen MR) is 99.2 cm³/mol. The van der Waals surface area contributed by atoms with Gasteiger partial charge in [-0.05, 0) is 35.9 Å². The summed E-state index contributed by atoms with van der Waals surface area (Å²) in [5.41, 5.74) is 1.95. The number of ether oxygens (including phenoxy) is 3. The van der Waals surface area contributed by atoms with Crippen molar-refractivity contribution in [1.29, 1.82) is 0 Å². The lowest BCUT2D eigenvalue weighted by Gasteiger charge is -2.15. The predicted octanol–water partition coefficient (Wildman–Crippen LogP) is 3.30. The first-order valence-electron chi connectivity index (χ1n) is 8.24. The van der Waals surface area contributed by atoms with Crippen LogP contribution in [0.5, 0.6) is 17.2 Å². The number of hydrogen-bond acceptors (Lipinski definition) is 6. The number of nitrogens with zero attached hydrogens (tertiary/aromatic N) is 1. The van der Waals surface area contributed by atoms with Crippen molar-refractivity contribution in [3.63, 3.8) is 0 Å². The molecule has 0 bridgehead atoms. The quantitative estimate of drug-likeness (QED) is 0.689. The molecule has 0 unspecified atom stereocenters. The molecule has 2 aromatic heterocycles. The number of amides is 1. The largest absolute Gasteiger partial charge is 0.493 e. The maximum Gasteiger partial charge on any atom is 0.255 e. The fourth-order valence-electron chi connectivity index (χ4n) is 2.66. The fourth-order valence-corrected chi connectivity index (χ4v) is 2.66. The molecule has 3 rings (SSSR count). The Morgan fingerprint density at radius 3 is 2.44 bits per heavy atom. The summed E-state index contributed by atoms with van der Waals surface area (Å²) in [5.74, 6) is 1.59. The third kappa shape index (κ3) is 3.87. The van der Waals surface area contributed by atoms with Crippen LogP contribution in [-0.4, -0.2) is 32.2 Å². The second kappa shape index (κ2) is 8.27.